The maximum atomic E-state index is 15.2. The van der Waals surface area contributed by atoms with Gasteiger partial charge in [-0.2, -0.15) is 0 Å². The summed E-state index contributed by atoms with van der Waals surface area (Å²) in [4.78, 5) is 165. The Balaban J connectivity index is 7.21. The Morgan fingerprint density at radius 3 is 1.36 bits per heavy atom. The third-order valence-electron chi connectivity index (χ3n) is 16.8. The molecule has 0 aromatic rings. The summed E-state index contributed by atoms with van der Waals surface area (Å²) in [6.07, 6.45) is 5.76. The number of nitrogens with one attached hydrogen (secondary N) is 3. The first kappa shape index (κ1) is 83.9. The van der Waals surface area contributed by atoms with Gasteiger partial charge in [0.05, 0.1) is 12.6 Å². The summed E-state index contributed by atoms with van der Waals surface area (Å²) in [5.41, 5.74) is 5.63. The van der Waals surface area contributed by atoms with Crippen LogP contribution in [0.5, 0.6) is 0 Å². The predicted molar refractivity (Wildman–Crippen MR) is 353 cm³/mol. The molecule has 0 spiro atoms. The largest absolute Gasteiger partial charge is 0.390 e. The summed E-state index contributed by atoms with van der Waals surface area (Å²) >= 11 is 0. The van der Waals surface area contributed by atoms with Gasteiger partial charge < -0.3 is 61.1 Å². The lowest BCUT2D eigenvalue weighted by Crippen LogP contribution is -2.63. The smallest absolute Gasteiger partial charge is 0.246 e. The lowest BCUT2D eigenvalue weighted by molar-refractivity contribution is -0.157. The number of likely N-dealkylation sites (N-methyl/N-ethyl adjacent to an activating group) is 7. The molecule has 518 valence electrons. The van der Waals surface area contributed by atoms with Gasteiger partial charge in [0, 0.05) is 55.3 Å². The monoisotopic (exact) mass is 1270 g/mol. The van der Waals surface area contributed by atoms with Gasteiger partial charge >= 0.3 is 0 Å². The number of rotatable bonds is 40. The molecule has 12 atom stereocenters. The fourth-order valence-electron chi connectivity index (χ4n) is 11.5. The van der Waals surface area contributed by atoms with E-state index in [1.807, 2.05) is 89.2 Å². The van der Waals surface area contributed by atoms with Crippen molar-refractivity contribution in [2.75, 3.05) is 55.9 Å². The van der Waals surface area contributed by atoms with Gasteiger partial charge in [0.25, 0.3) is 0 Å². The molecule has 0 aliphatic carbocycles. The second-order valence-corrected chi connectivity index (χ2v) is 27.8. The van der Waals surface area contributed by atoms with E-state index in [4.69, 9.17) is 5.73 Å². The number of amides is 11. The zero-order valence-electron chi connectivity index (χ0n) is 60.0. The van der Waals surface area contributed by atoms with Crippen molar-refractivity contribution in [2.24, 2.45) is 53.1 Å². The normalized spacial score (nSPS) is 15.8. The summed E-state index contributed by atoms with van der Waals surface area (Å²) in [7, 11) is 10.2. The first-order valence-electron chi connectivity index (χ1n) is 32.9. The minimum absolute atomic E-state index is 0.0380. The number of nitrogens with two attached hydrogens (primary N) is 1. The number of aliphatic hydroxyl groups excluding tert-OH is 1. The molecule has 0 heterocycles. The van der Waals surface area contributed by atoms with E-state index >= 15 is 14.4 Å². The molecule has 0 saturated heterocycles. The van der Waals surface area contributed by atoms with Crippen LogP contribution in [0.15, 0.2) is 12.2 Å². The molecule has 0 aromatic heterocycles. The Morgan fingerprint density at radius 1 is 0.467 bits per heavy atom. The number of unbranched alkanes of at least 4 members (excludes halogenated alkanes) is 1. The summed E-state index contributed by atoms with van der Waals surface area (Å²) in [5, 5.41) is 20.5. The van der Waals surface area contributed by atoms with Gasteiger partial charge in [-0.25, -0.2) is 0 Å². The zero-order chi connectivity index (χ0) is 70.1. The average molecular weight is 1270 g/mol. The van der Waals surface area contributed by atoms with Gasteiger partial charge in [0.2, 0.25) is 65.0 Å². The van der Waals surface area contributed by atoms with Crippen LogP contribution in [0.3, 0.4) is 0 Å². The Kier molecular flexibility index (Phi) is 37.3. The maximum Gasteiger partial charge on any atom is 0.246 e. The minimum Gasteiger partial charge on any atom is -0.390 e. The molecule has 11 amide bonds. The quantitative estimate of drug-likeness (QED) is 0.0479. The van der Waals surface area contributed by atoms with Crippen molar-refractivity contribution < 1.29 is 57.8 Å². The van der Waals surface area contributed by atoms with Gasteiger partial charge in [-0.3, -0.25) is 52.7 Å². The van der Waals surface area contributed by atoms with Crippen LogP contribution in [0.4, 0.5) is 0 Å². The molecule has 2 unspecified atom stereocenters. The van der Waals surface area contributed by atoms with Gasteiger partial charge in [-0.05, 0) is 107 Å². The number of aliphatic hydroxyl groups is 1. The van der Waals surface area contributed by atoms with Crippen molar-refractivity contribution in [1.82, 2.24) is 50.2 Å². The molecular weight excluding hydrogens is 1150 g/mol. The van der Waals surface area contributed by atoms with Crippen molar-refractivity contribution in [3.05, 3.63) is 12.2 Å². The Labute approximate surface area is 541 Å². The van der Waals surface area contributed by atoms with Gasteiger partial charge in [-0.1, -0.05) is 136 Å². The molecule has 23 nitrogen and oxygen atoms in total. The molecule has 0 radical (unpaired) electrons. The zero-order valence-corrected chi connectivity index (χ0v) is 60.0. The topological polar surface area (TPSA) is 293 Å². The lowest BCUT2D eigenvalue weighted by atomic mass is 9.91. The number of carbonyl (C=O) groups excluding carboxylic acids is 11. The Morgan fingerprint density at radius 2 is 0.911 bits per heavy atom. The van der Waals surface area contributed by atoms with Crippen LogP contribution < -0.4 is 21.7 Å². The highest BCUT2D eigenvalue weighted by atomic mass is 16.3. The number of nitrogens with zero attached hydrogens (tertiary/aromatic N) is 7. The van der Waals surface area contributed by atoms with E-state index in [0.717, 1.165) is 16.2 Å². The van der Waals surface area contributed by atoms with Crippen LogP contribution in [0.2, 0.25) is 0 Å². The van der Waals surface area contributed by atoms with Crippen molar-refractivity contribution in [3.8, 4) is 0 Å². The number of primary amides is 1. The number of allylic oxidation sites excluding steroid dienone is 2. The Hall–Kier alpha value is -6.13. The van der Waals surface area contributed by atoms with Crippen molar-refractivity contribution in [2.45, 2.75) is 249 Å². The van der Waals surface area contributed by atoms with Crippen LogP contribution in [-0.2, 0) is 52.7 Å². The Bertz CT molecular complexity index is 2380. The second kappa shape index (κ2) is 40.0. The van der Waals surface area contributed by atoms with Crippen LogP contribution in [0, 0.1) is 47.3 Å². The molecule has 6 N–H and O–H groups in total. The molecule has 0 rings (SSSR count). The summed E-state index contributed by atoms with van der Waals surface area (Å²) in [5.74, 6) is -8.10. The molecule has 0 bridgehead atoms. The molecule has 0 aliphatic heterocycles. The van der Waals surface area contributed by atoms with E-state index < -0.39 is 138 Å². The number of carbonyl (C=O) groups is 11. The summed E-state index contributed by atoms with van der Waals surface area (Å²) < 4.78 is 0. The fourth-order valence-corrected chi connectivity index (χ4v) is 11.5. The van der Waals surface area contributed by atoms with Crippen molar-refractivity contribution in [1.29, 1.82) is 0 Å². The van der Waals surface area contributed by atoms with E-state index in [9.17, 15) is 43.5 Å². The first-order valence-corrected chi connectivity index (χ1v) is 32.9. The SMILES string of the molecule is C/C=C/C[C@H](C)[C@H](O)C(C(=O)N[C@H](CC)C(=O)N(C)CC(=O)N(C)[C@@H](CCCC)C(N)=O)N(C)C(=O)[C@@H](C(C)C)N(C)C(=O)[C@@H](CC(C)C)N(C)C(=O)[C@H](CC(C)C)N(C)C(=O)[C@H](C)NC(=O)C(CC(C)C)NC(=O)[C@H](CC(C)C)N(C)C(=O)[C@H](C)CC(C)C. The third kappa shape index (κ3) is 25.9. The molecule has 90 heavy (non-hydrogen) atoms. The average Bonchev–Trinajstić information content (AvgIpc) is 0.845. The van der Waals surface area contributed by atoms with Crippen molar-refractivity contribution in [3.63, 3.8) is 0 Å². The van der Waals surface area contributed by atoms with Crippen LogP contribution in [0.25, 0.3) is 0 Å². The molecular formula is C67H123N11O12. The molecule has 0 saturated carbocycles. The molecule has 0 aromatic carbocycles. The second-order valence-electron chi connectivity index (χ2n) is 27.8. The lowest BCUT2D eigenvalue weighted by Gasteiger charge is -2.41. The van der Waals surface area contributed by atoms with Crippen molar-refractivity contribution >= 4 is 65.0 Å². The van der Waals surface area contributed by atoms with Gasteiger partial charge in [0.15, 0.2) is 0 Å². The van der Waals surface area contributed by atoms with Gasteiger partial charge in [-0.15, -0.1) is 0 Å². The maximum absolute atomic E-state index is 15.2. The molecule has 0 fully saturated rings. The molecule has 23 heteroatoms. The third-order valence-corrected chi connectivity index (χ3v) is 16.8. The standard InChI is InChI=1S/C67H123N11O12/c1-26-29-31-45(16)57(80)56(61(84)70-48(28-3)64(87)72(19)38-54(79)73(20)50(58(68)81)32-30-27-2)78(25)67(90)55(44(14)15)77(24)66(89)53(37-43(12)13)76(23)65(88)52(36-42(10)11)75(22)63(86)47(18)69-59(82)49(34-40(6)7)71-60(83)51(35-41(8)9)74(21)62(85)46(17)33-39(4)5/h26,29,39-53,55-57,80H,27-28,30-38H2,1-25H3,(H2,68,81)(H,69,82)(H,70,84)(H,71,83)/b29-26+/t45-,46+,47-,48+,49?,50-,51-,52-,53+,55+,56?,57-/m0/s1. The number of hydrogen-bond acceptors (Lipinski definition) is 12. The number of hydrogen-bond donors (Lipinski definition) is 5. The van der Waals surface area contributed by atoms with E-state index in [-0.39, 0.29) is 67.1 Å². The minimum atomic E-state index is -1.60. The van der Waals surface area contributed by atoms with Crippen LogP contribution >= 0.6 is 0 Å². The highest BCUT2D eigenvalue weighted by Gasteiger charge is 2.45. The van der Waals surface area contributed by atoms with E-state index in [0.29, 0.717) is 32.1 Å². The summed E-state index contributed by atoms with van der Waals surface area (Å²) in [6.45, 7) is 32.8. The highest BCUT2D eigenvalue weighted by Crippen LogP contribution is 2.26. The van der Waals surface area contributed by atoms with E-state index in [1.165, 1.54) is 73.7 Å². The van der Waals surface area contributed by atoms with Crippen LogP contribution in [-0.4, -0.2) is 221 Å². The van der Waals surface area contributed by atoms with E-state index in [1.54, 1.807) is 47.7 Å². The molecule has 0 aliphatic rings. The predicted octanol–water partition coefficient (Wildman–Crippen LogP) is 5.45. The van der Waals surface area contributed by atoms with Crippen LogP contribution in [0.1, 0.15) is 189 Å². The highest BCUT2D eigenvalue weighted by molar-refractivity contribution is 5.99. The van der Waals surface area contributed by atoms with Gasteiger partial charge in [0.1, 0.15) is 54.4 Å². The summed E-state index contributed by atoms with van der Waals surface area (Å²) in [6, 6.07) is -10.4. The first-order chi connectivity index (χ1) is 41.6. The van der Waals surface area contributed by atoms with E-state index in [2.05, 4.69) is 16.0 Å². The fraction of sp³-hybridized carbons (Fsp3) is 0.806.